The number of aromatic nitrogens is 2. The minimum Gasteiger partial charge on any atom is -0.326 e. The normalized spacial score (nSPS) is 15.5. The van der Waals surface area contributed by atoms with Crippen LogP contribution in [0.15, 0.2) is 48.5 Å². The molecule has 5 nitrogen and oxygen atoms in total. The maximum atomic E-state index is 12.8. The third-order valence-electron chi connectivity index (χ3n) is 4.45. The Morgan fingerprint density at radius 1 is 1.08 bits per heavy atom. The highest BCUT2D eigenvalue weighted by atomic mass is 32.2. The summed E-state index contributed by atoms with van der Waals surface area (Å²) in [4.78, 5) is 4.59. The zero-order valence-electron chi connectivity index (χ0n) is 13.5. The summed E-state index contributed by atoms with van der Waals surface area (Å²) in [5, 5.41) is 0. The Labute approximate surface area is 141 Å². The lowest BCUT2D eigenvalue weighted by atomic mass is 10.2. The molecular weight excluding hydrogens is 322 g/mol. The number of imidazole rings is 1. The summed E-state index contributed by atoms with van der Waals surface area (Å²) >= 11 is 0. The van der Waals surface area contributed by atoms with Gasteiger partial charge in [-0.2, -0.15) is 4.31 Å². The summed E-state index contributed by atoms with van der Waals surface area (Å²) in [7, 11) is -3.35. The molecule has 3 aromatic rings. The number of hydrogen-bond donors (Lipinski definition) is 0. The van der Waals surface area contributed by atoms with Gasteiger partial charge in [0, 0.05) is 13.1 Å². The lowest BCUT2D eigenvalue weighted by Gasteiger charge is -2.27. The van der Waals surface area contributed by atoms with Crippen LogP contribution >= 0.6 is 0 Å². The molecule has 24 heavy (non-hydrogen) atoms. The summed E-state index contributed by atoms with van der Waals surface area (Å²) in [5.41, 5.74) is 3.89. The molecule has 0 atom stereocenters. The van der Waals surface area contributed by atoms with E-state index >= 15 is 0 Å². The van der Waals surface area contributed by atoms with Gasteiger partial charge in [0.05, 0.1) is 23.3 Å². The SMILES string of the molecule is Cc1cccc(CS(=O)(=O)N2CCn3c(nc4ccccc43)C2)c1. The highest BCUT2D eigenvalue weighted by molar-refractivity contribution is 7.88. The Morgan fingerprint density at radius 2 is 1.92 bits per heavy atom. The van der Waals surface area contributed by atoms with E-state index < -0.39 is 10.0 Å². The summed E-state index contributed by atoms with van der Waals surface area (Å²) in [6.45, 7) is 3.44. The van der Waals surface area contributed by atoms with Crippen molar-refractivity contribution in [3.63, 3.8) is 0 Å². The molecule has 6 heteroatoms. The van der Waals surface area contributed by atoms with Crippen molar-refractivity contribution in [1.29, 1.82) is 0 Å². The van der Waals surface area contributed by atoms with E-state index in [0.717, 1.165) is 28.0 Å². The van der Waals surface area contributed by atoms with E-state index in [1.54, 1.807) is 4.31 Å². The lowest BCUT2D eigenvalue weighted by molar-refractivity contribution is 0.338. The second-order valence-electron chi connectivity index (χ2n) is 6.25. The van der Waals surface area contributed by atoms with E-state index in [9.17, 15) is 8.42 Å². The van der Waals surface area contributed by atoms with E-state index in [1.807, 2.05) is 55.5 Å². The second-order valence-corrected chi connectivity index (χ2v) is 8.22. The lowest BCUT2D eigenvalue weighted by Crippen LogP contribution is -2.39. The number of benzene rings is 2. The van der Waals surface area contributed by atoms with Crippen molar-refractivity contribution in [1.82, 2.24) is 13.9 Å². The molecule has 0 amide bonds. The first kappa shape index (κ1) is 15.4. The Morgan fingerprint density at radius 3 is 2.75 bits per heavy atom. The van der Waals surface area contributed by atoms with E-state index in [0.29, 0.717) is 19.6 Å². The van der Waals surface area contributed by atoms with Crippen LogP contribution in [0.3, 0.4) is 0 Å². The van der Waals surface area contributed by atoms with Crippen LogP contribution in [0.5, 0.6) is 0 Å². The molecule has 0 aliphatic carbocycles. The van der Waals surface area contributed by atoms with Crippen molar-refractivity contribution in [3.8, 4) is 0 Å². The van der Waals surface area contributed by atoms with Crippen LogP contribution in [0.25, 0.3) is 11.0 Å². The predicted octanol–water partition coefficient (Wildman–Crippen LogP) is 2.69. The molecule has 0 fully saturated rings. The van der Waals surface area contributed by atoms with Gasteiger partial charge in [0.1, 0.15) is 5.82 Å². The first-order valence-corrected chi connectivity index (χ1v) is 9.61. The fourth-order valence-corrected chi connectivity index (χ4v) is 4.74. The molecule has 0 saturated heterocycles. The van der Waals surface area contributed by atoms with Crippen molar-refractivity contribution < 1.29 is 8.42 Å². The van der Waals surface area contributed by atoms with Gasteiger partial charge in [-0.25, -0.2) is 13.4 Å². The minimum atomic E-state index is -3.35. The molecule has 0 bridgehead atoms. The number of rotatable bonds is 3. The van der Waals surface area contributed by atoms with Gasteiger partial charge in [-0.15, -0.1) is 0 Å². The van der Waals surface area contributed by atoms with Crippen molar-refractivity contribution in [2.45, 2.75) is 25.8 Å². The van der Waals surface area contributed by atoms with E-state index in [1.165, 1.54) is 0 Å². The maximum absolute atomic E-state index is 12.8. The molecule has 4 rings (SSSR count). The average molecular weight is 341 g/mol. The third kappa shape index (κ3) is 2.72. The number of para-hydroxylation sites is 2. The van der Waals surface area contributed by atoms with Gasteiger partial charge in [0.2, 0.25) is 10.0 Å². The Hall–Kier alpha value is -2.18. The average Bonchev–Trinajstić information content (AvgIpc) is 2.92. The van der Waals surface area contributed by atoms with Crippen molar-refractivity contribution in [2.24, 2.45) is 0 Å². The first-order valence-electron chi connectivity index (χ1n) is 8.00. The molecular formula is C18H19N3O2S. The molecule has 1 aliphatic heterocycles. The summed E-state index contributed by atoms with van der Waals surface area (Å²) in [5.74, 6) is 0.852. The zero-order valence-corrected chi connectivity index (χ0v) is 14.3. The van der Waals surface area contributed by atoms with Crippen molar-refractivity contribution in [3.05, 3.63) is 65.5 Å². The molecule has 0 N–H and O–H groups in total. The van der Waals surface area contributed by atoms with Crippen LogP contribution in [0, 0.1) is 6.92 Å². The molecule has 0 spiro atoms. The zero-order chi connectivity index (χ0) is 16.7. The van der Waals surface area contributed by atoms with Gasteiger partial charge in [-0.1, -0.05) is 42.0 Å². The highest BCUT2D eigenvalue weighted by Crippen LogP contribution is 2.23. The number of fused-ring (bicyclic) bond motifs is 3. The molecule has 2 heterocycles. The Balaban J connectivity index is 1.61. The van der Waals surface area contributed by atoms with Gasteiger partial charge in [-0.3, -0.25) is 0 Å². The van der Waals surface area contributed by atoms with Crippen LogP contribution in [0.2, 0.25) is 0 Å². The Kier molecular flexibility index (Phi) is 3.66. The van der Waals surface area contributed by atoms with Crippen molar-refractivity contribution in [2.75, 3.05) is 6.54 Å². The molecule has 0 unspecified atom stereocenters. The molecule has 1 aliphatic rings. The number of sulfonamides is 1. The molecule has 2 aromatic carbocycles. The van der Waals surface area contributed by atoms with Gasteiger partial charge in [0.25, 0.3) is 0 Å². The van der Waals surface area contributed by atoms with Crippen LogP contribution < -0.4 is 0 Å². The van der Waals surface area contributed by atoms with Gasteiger partial charge < -0.3 is 4.57 Å². The monoisotopic (exact) mass is 341 g/mol. The predicted molar refractivity (Wildman–Crippen MR) is 93.9 cm³/mol. The van der Waals surface area contributed by atoms with Crippen LogP contribution in [-0.4, -0.2) is 28.8 Å². The largest absolute Gasteiger partial charge is 0.326 e. The van der Waals surface area contributed by atoms with Gasteiger partial charge >= 0.3 is 0 Å². The quantitative estimate of drug-likeness (QED) is 0.736. The smallest absolute Gasteiger partial charge is 0.218 e. The van der Waals surface area contributed by atoms with E-state index in [2.05, 4.69) is 9.55 Å². The highest BCUT2D eigenvalue weighted by Gasteiger charge is 2.28. The minimum absolute atomic E-state index is 0.0366. The number of aryl methyl sites for hydroxylation is 1. The Bertz CT molecular complexity index is 1010. The standard InChI is InChI=1S/C18H19N3O2S/c1-14-5-4-6-15(11-14)13-24(22,23)20-9-10-21-17-8-3-2-7-16(17)19-18(21)12-20/h2-8,11H,9-10,12-13H2,1H3. The topological polar surface area (TPSA) is 55.2 Å². The fourth-order valence-electron chi connectivity index (χ4n) is 3.29. The summed E-state index contributed by atoms with van der Waals surface area (Å²) in [6, 6.07) is 15.6. The molecule has 0 saturated carbocycles. The van der Waals surface area contributed by atoms with Crippen LogP contribution in [0.4, 0.5) is 0 Å². The summed E-state index contributed by atoms with van der Waals surface area (Å²) in [6.07, 6.45) is 0. The van der Waals surface area contributed by atoms with Crippen LogP contribution in [0.1, 0.15) is 17.0 Å². The van der Waals surface area contributed by atoms with Gasteiger partial charge in [0.15, 0.2) is 0 Å². The van der Waals surface area contributed by atoms with E-state index in [-0.39, 0.29) is 5.75 Å². The number of hydrogen-bond acceptors (Lipinski definition) is 3. The van der Waals surface area contributed by atoms with E-state index in [4.69, 9.17) is 0 Å². The van der Waals surface area contributed by atoms with Crippen LogP contribution in [-0.2, 0) is 28.9 Å². The fraction of sp³-hybridized carbons (Fsp3) is 0.278. The van der Waals surface area contributed by atoms with Gasteiger partial charge in [-0.05, 0) is 24.6 Å². The third-order valence-corrected chi connectivity index (χ3v) is 6.25. The molecule has 1 aromatic heterocycles. The summed E-state index contributed by atoms with van der Waals surface area (Å²) < 4.78 is 29.2. The maximum Gasteiger partial charge on any atom is 0.218 e. The number of nitrogens with zero attached hydrogens (tertiary/aromatic N) is 3. The molecule has 0 radical (unpaired) electrons. The second kappa shape index (κ2) is 5.72. The van der Waals surface area contributed by atoms with Crippen molar-refractivity contribution >= 4 is 21.1 Å². The first-order chi connectivity index (χ1) is 11.5. The molecule has 124 valence electrons.